The molecule has 0 radical (unpaired) electrons. The number of aromatic nitrogens is 1. The molecule has 2 rings (SSSR count). The molecule has 0 aliphatic heterocycles. The summed E-state index contributed by atoms with van der Waals surface area (Å²) in [4.78, 5) is 4.21. The lowest BCUT2D eigenvalue weighted by molar-refractivity contribution is 0.586. The molecule has 0 aliphatic carbocycles. The van der Waals surface area contributed by atoms with E-state index in [-0.39, 0.29) is 5.69 Å². The summed E-state index contributed by atoms with van der Waals surface area (Å²) in [6.45, 7) is 1.83. The normalized spacial score (nSPS) is 10.4. The molecule has 1 aromatic heterocycles. The Kier molecular flexibility index (Phi) is 3.38. The zero-order chi connectivity index (χ0) is 12.4. The Labute approximate surface area is 106 Å². The van der Waals surface area contributed by atoms with Gasteiger partial charge in [-0.15, -0.1) is 0 Å². The topological polar surface area (TPSA) is 24.9 Å². The molecule has 2 aromatic rings. The average molecular weight is 299 g/mol. The number of nitrogens with zero attached hydrogens (tertiary/aromatic N) is 1. The predicted molar refractivity (Wildman–Crippen MR) is 66.3 cm³/mol. The zero-order valence-corrected chi connectivity index (χ0v) is 10.6. The number of hydrogen-bond acceptors (Lipinski definition) is 2. The summed E-state index contributed by atoms with van der Waals surface area (Å²) >= 11 is 3.32. The molecule has 1 heterocycles. The molecule has 1 aromatic carbocycles. The van der Waals surface area contributed by atoms with Gasteiger partial charge in [0.05, 0.1) is 11.4 Å². The van der Waals surface area contributed by atoms with E-state index in [1.807, 2.05) is 13.0 Å². The van der Waals surface area contributed by atoms with Gasteiger partial charge in [0, 0.05) is 10.5 Å². The van der Waals surface area contributed by atoms with Crippen LogP contribution in [-0.2, 0) is 0 Å². The van der Waals surface area contributed by atoms with E-state index in [0.717, 1.165) is 16.2 Å². The fraction of sp³-hybridized carbons (Fsp3) is 0.0833. The maximum atomic E-state index is 13.4. The number of benzene rings is 1. The quantitative estimate of drug-likeness (QED) is 0.900. The first kappa shape index (κ1) is 12.0. The van der Waals surface area contributed by atoms with Gasteiger partial charge in [-0.3, -0.25) is 0 Å². The van der Waals surface area contributed by atoms with E-state index in [2.05, 4.69) is 26.2 Å². The van der Waals surface area contributed by atoms with Gasteiger partial charge in [0.2, 0.25) is 0 Å². The van der Waals surface area contributed by atoms with Crippen LogP contribution in [0.4, 0.5) is 20.3 Å². The lowest BCUT2D eigenvalue weighted by atomic mass is 10.3. The smallest absolute Gasteiger partial charge is 0.149 e. The minimum absolute atomic E-state index is 0.195. The Bertz CT molecular complexity index is 558. The fourth-order valence-electron chi connectivity index (χ4n) is 1.34. The van der Waals surface area contributed by atoms with Gasteiger partial charge in [0.1, 0.15) is 17.5 Å². The van der Waals surface area contributed by atoms with Gasteiger partial charge < -0.3 is 5.32 Å². The van der Waals surface area contributed by atoms with Crippen LogP contribution < -0.4 is 5.32 Å². The highest BCUT2D eigenvalue weighted by atomic mass is 79.9. The Balaban J connectivity index is 2.28. The van der Waals surface area contributed by atoms with Crippen molar-refractivity contribution in [2.45, 2.75) is 6.92 Å². The highest BCUT2D eigenvalue weighted by Crippen LogP contribution is 2.22. The van der Waals surface area contributed by atoms with Crippen LogP contribution in [0.15, 0.2) is 34.8 Å². The van der Waals surface area contributed by atoms with E-state index >= 15 is 0 Å². The standard InChI is InChI=1S/C12H9BrF2N2/c1-7-9(13)3-5-12(16-7)17-11-4-2-8(14)6-10(11)15/h2-6H,1H3,(H,16,17). The zero-order valence-electron chi connectivity index (χ0n) is 8.97. The number of aryl methyl sites for hydroxylation is 1. The number of nitrogens with one attached hydrogen (secondary N) is 1. The first-order valence-electron chi connectivity index (χ1n) is 4.91. The Morgan fingerprint density at radius 1 is 1.18 bits per heavy atom. The summed E-state index contributed by atoms with van der Waals surface area (Å²) in [5.74, 6) is -0.739. The van der Waals surface area contributed by atoms with Gasteiger partial charge in [-0.25, -0.2) is 13.8 Å². The van der Waals surface area contributed by atoms with Crippen molar-refractivity contribution >= 4 is 27.4 Å². The van der Waals surface area contributed by atoms with E-state index < -0.39 is 11.6 Å². The van der Waals surface area contributed by atoms with Crippen LogP contribution in [-0.4, -0.2) is 4.98 Å². The Hall–Kier alpha value is -1.49. The molecule has 0 saturated carbocycles. The van der Waals surface area contributed by atoms with Crippen LogP contribution in [0, 0.1) is 18.6 Å². The highest BCUT2D eigenvalue weighted by molar-refractivity contribution is 9.10. The Morgan fingerprint density at radius 2 is 1.94 bits per heavy atom. The van der Waals surface area contributed by atoms with E-state index in [9.17, 15) is 8.78 Å². The largest absolute Gasteiger partial charge is 0.338 e. The summed E-state index contributed by atoms with van der Waals surface area (Å²) in [6, 6.07) is 6.88. The van der Waals surface area contributed by atoms with E-state index in [1.54, 1.807) is 6.07 Å². The van der Waals surface area contributed by atoms with Crippen molar-refractivity contribution in [2.24, 2.45) is 0 Å². The van der Waals surface area contributed by atoms with Crippen LogP contribution in [0.2, 0.25) is 0 Å². The molecule has 2 nitrogen and oxygen atoms in total. The summed E-state index contributed by atoms with van der Waals surface area (Å²) in [5, 5.41) is 2.79. The molecule has 0 spiro atoms. The van der Waals surface area contributed by atoms with Gasteiger partial charge in [-0.2, -0.15) is 0 Å². The molecule has 1 N–H and O–H groups in total. The summed E-state index contributed by atoms with van der Waals surface area (Å²) in [6.07, 6.45) is 0. The fourth-order valence-corrected chi connectivity index (χ4v) is 1.56. The van der Waals surface area contributed by atoms with Crippen LogP contribution in [0.3, 0.4) is 0 Å². The number of anilines is 2. The molecular formula is C12H9BrF2N2. The minimum Gasteiger partial charge on any atom is -0.338 e. The first-order valence-corrected chi connectivity index (χ1v) is 5.71. The number of rotatable bonds is 2. The molecule has 0 amide bonds. The van der Waals surface area contributed by atoms with E-state index in [1.165, 1.54) is 12.1 Å². The number of hydrogen-bond donors (Lipinski definition) is 1. The summed E-state index contributed by atoms with van der Waals surface area (Å²) < 4.78 is 27.0. The van der Waals surface area contributed by atoms with Crippen molar-refractivity contribution in [3.8, 4) is 0 Å². The SMILES string of the molecule is Cc1nc(Nc2ccc(F)cc2F)ccc1Br. The monoisotopic (exact) mass is 298 g/mol. The molecule has 0 aliphatic rings. The van der Waals surface area contributed by atoms with Gasteiger partial charge in [0.15, 0.2) is 0 Å². The van der Waals surface area contributed by atoms with Crippen molar-refractivity contribution in [2.75, 3.05) is 5.32 Å². The summed E-state index contributed by atoms with van der Waals surface area (Å²) in [7, 11) is 0. The number of halogens is 3. The molecular weight excluding hydrogens is 290 g/mol. The van der Waals surface area contributed by atoms with Crippen LogP contribution >= 0.6 is 15.9 Å². The van der Waals surface area contributed by atoms with Crippen LogP contribution in [0.5, 0.6) is 0 Å². The molecule has 0 saturated heterocycles. The van der Waals surface area contributed by atoms with Crippen molar-refractivity contribution in [1.82, 2.24) is 4.98 Å². The van der Waals surface area contributed by atoms with Gasteiger partial charge >= 0.3 is 0 Å². The highest BCUT2D eigenvalue weighted by Gasteiger charge is 2.05. The number of pyridine rings is 1. The molecule has 5 heteroatoms. The lowest BCUT2D eigenvalue weighted by Gasteiger charge is -2.08. The molecule has 0 unspecified atom stereocenters. The van der Waals surface area contributed by atoms with Crippen molar-refractivity contribution in [3.63, 3.8) is 0 Å². The molecule has 0 fully saturated rings. The van der Waals surface area contributed by atoms with Crippen LogP contribution in [0.1, 0.15) is 5.69 Å². The second-order valence-electron chi connectivity index (χ2n) is 3.51. The third-order valence-electron chi connectivity index (χ3n) is 2.22. The van der Waals surface area contributed by atoms with E-state index in [0.29, 0.717) is 5.82 Å². The predicted octanol–water partition coefficient (Wildman–Crippen LogP) is 4.17. The van der Waals surface area contributed by atoms with Gasteiger partial charge in [-0.05, 0) is 47.1 Å². The maximum Gasteiger partial charge on any atom is 0.149 e. The second kappa shape index (κ2) is 4.79. The second-order valence-corrected chi connectivity index (χ2v) is 4.37. The maximum absolute atomic E-state index is 13.4. The molecule has 0 atom stereocenters. The lowest BCUT2D eigenvalue weighted by Crippen LogP contribution is -1.98. The minimum atomic E-state index is -0.646. The third-order valence-corrected chi connectivity index (χ3v) is 3.05. The van der Waals surface area contributed by atoms with Crippen molar-refractivity contribution < 1.29 is 8.78 Å². The molecule has 17 heavy (non-hydrogen) atoms. The Morgan fingerprint density at radius 3 is 2.59 bits per heavy atom. The molecule has 88 valence electrons. The third kappa shape index (κ3) is 2.79. The van der Waals surface area contributed by atoms with Gasteiger partial charge in [0.25, 0.3) is 0 Å². The van der Waals surface area contributed by atoms with Crippen molar-refractivity contribution in [3.05, 3.63) is 52.1 Å². The van der Waals surface area contributed by atoms with Gasteiger partial charge in [-0.1, -0.05) is 0 Å². The first-order chi connectivity index (χ1) is 8.06. The average Bonchev–Trinajstić information content (AvgIpc) is 2.27. The molecule has 0 bridgehead atoms. The van der Waals surface area contributed by atoms with Crippen molar-refractivity contribution in [1.29, 1.82) is 0 Å². The van der Waals surface area contributed by atoms with Crippen LogP contribution in [0.25, 0.3) is 0 Å². The summed E-state index contributed by atoms with van der Waals surface area (Å²) in [5.41, 5.74) is 0.984. The van der Waals surface area contributed by atoms with E-state index in [4.69, 9.17) is 0 Å².